The Bertz CT molecular complexity index is 1340. The average Bonchev–Trinajstić information content (AvgIpc) is 3.59. The molecule has 3 heterocycles. The smallest absolute Gasteiger partial charge is 0.250 e. The maximum absolute atomic E-state index is 12.4. The molecule has 5 rings (SSSR count). The molecule has 0 atom stereocenters. The first-order valence-corrected chi connectivity index (χ1v) is 14.3. The van der Waals surface area contributed by atoms with Crippen molar-refractivity contribution in [2.24, 2.45) is 11.7 Å². The van der Waals surface area contributed by atoms with Crippen LogP contribution in [0.4, 0.5) is 0 Å². The molecule has 1 aliphatic carbocycles. The molecule has 1 aromatic carbocycles. The van der Waals surface area contributed by atoms with E-state index in [0.717, 1.165) is 52.8 Å². The third kappa shape index (κ3) is 5.14. The number of rotatable bonds is 9. The SMILES string of the molecule is CCS(=O)(=O)N1CCC(c2c[nH]c3c(C(N)=O)cc(-c4cncc(CCCC5CC5)c4)cc23)CC1. The van der Waals surface area contributed by atoms with Gasteiger partial charge in [0.1, 0.15) is 0 Å². The van der Waals surface area contributed by atoms with E-state index in [1.807, 2.05) is 24.7 Å². The predicted octanol–water partition coefficient (Wildman–Crippen LogP) is 4.59. The Kier molecular flexibility index (Phi) is 6.68. The highest BCUT2D eigenvalue weighted by atomic mass is 32.2. The number of carbonyl (C=O) groups excluding carboxylic acids is 1. The van der Waals surface area contributed by atoms with Crippen LogP contribution < -0.4 is 5.73 Å². The summed E-state index contributed by atoms with van der Waals surface area (Å²) in [6.07, 6.45) is 13.5. The van der Waals surface area contributed by atoms with Crippen molar-refractivity contribution in [2.45, 2.75) is 57.8 Å². The van der Waals surface area contributed by atoms with Crippen LogP contribution in [0.15, 0.2) is 36.8 Å². The second-order valence-corrected chi connectivity index (χ2v) is 12.3. The Morgan fingerprint density at radius 1 is 1.11 bits per heavy atom. The number of piperidine rings is 1. The fourth-order valence-corrected chi connectivity index (χ4v) is 6.50. The second kappa shape index (κ2) is 9.74. The highest BCUT2D eigenvalue weighted by Crippen LogP contribution is 2.37. The van der Waals surface area contributed by atoms with Crippen molar-refractivity contribution in [1.82, 2.24) is 14.3 Å². The summed E-state index contributed by atoms with van der Waals surface area (Å²) in [7, 11) is -3.17. The van der Waals surface area contributed by atoms with Crippen molar-refractivity contribution < 1.29 is 13.2 Å². The van der Waals surface area contributed by atoms with E-state index in [1.165, 1.54) is 31.2 Å². The normalized spacial score (nSPS) is 17.7. The minimum absolute atomic E-state index is 0.129. The van der Waals surface area contributed by atoms with E-state index in [2.05, 4.69) is 22.1 Å². The second-order valence-electron chi connectivity index (χ2n) is 10.0. The van der Waals surface area contributed by atoms with Gasteiger partial charge in [-0.25, -0.2) is 12.7 Å². The summed E-state index contributed by atoms with van der Waals surface area (Å²) >= 11 is 0. The Hall–Kier alpha value is -2.71. The molecule has 1 saturated carbocycles. The van der Waals surface area contributed by atoms with Gasteiger partial charge in [0.25, 0.3) is 5.91 Å². The molecule has 2 aromatic heterocycles. The number of sulfonamides is 1. The molecule has 186 valence electrons. The summed E-state index contributed by atoms with van der Waals surface area (Å²) in [6, 6.07) is 6.15. The summed E-state index contributed by atoms with van der Waals surface area (Å²) in [5.41, 5.74) is 11.2. The molecule has 3 N–H and O–H groups in total. The number of hydrogen-bond donors (Lipinski definition) is 2. The number of aryl methyl sites for hydroxylation is 1. The van der Waals surface area contributed by atoms with Crippen molar-refractivity contribution >= 4 is 26.8 Å². The zero-order valence-corrected chi connectivity index (χ0v) is 21.1. The monoisotopic (exact) mass is 494 g/mol. The Morgan fingerprint density at radius 3 is 2.57 bits per heavy atom. The summed E-state index contributed by atoms with van der Waals surface area (Å²) in [5.74, 6) is 0.800. The molecule has 0 radical (unpaired) electrons. The number of aromatic nitrogens is 2. The lowest BCUT2D eigenvalue weighted by atomic mass is 9.88. The molecule has 1 amide bonds. The molecule has 0 spiro atoms. The number of benzene rings is 1. The van der Waals surface area contributed by atoms with Crippen molar-refractivity contribution in [1.29, 1.82) is 0 Å². The van der Waals surface area contributed by atoms with E-state index in [0.29, 0.717) is 18.7 Å². The first kappa shape index (κ1) is 24.0. The number of nitrogens with zero attached hydrogens (tertiary/aromatic N) is 2. The van der Waals surface area contributed by atoms with Gasteiger partial charge in [-0.05, 0) is 79.3 Å². The number of nitrogens with one attached hydrogen (secondary N) is 1. The number of H-pyrrole nitrogens is 1. The lowest BCUT2D eigenvalue weighted by Crippen LogP contribution is -2.38. The lowest BCUT2D eigenvalue weighted by Gasteiger charge is -2.31. The third-order valence-corrected chi connectivity index (χ3v) is 9.52. The Morgan fingerprint density at radius 2 is 1.89 bits per heavy atom. The maximum Gasteiger partial charge on any atom is 0.250 e. The summed E-state index contributed by atoms with van der Waals surface area (Å²) in [5, 5.41) is 0.979. The van der Waals surface area contributed by atoms with Gasteiger partial charge in [-0.15, -0.1) is 0 Å². The van der Waals surface area contributed by atoms with Gasteiger partial charge in [-0.2, -0.15) is 0 Å². The highest BCUT2D eigenvalue weighted by Gasteiger charge is 2.29. The number of pyridine rings is 1. The van der Waals surface area contributed by atoms with Gasteiger partial charge in [0.15, 0.2) is 0 Å². The molecule has 2 aliphatic rings. The van der Waals surface area contributed by atoms with Crippen LogP contribution in [0.2, 0.25) is 0 Å². The minimum atomic E-state index is -3.17. The van der Waals surface area contributed by atoms with Gasteiger partial charge < -0.3 is 10.7 Å². The van der Waals surface area contributed by atoms with Crippen molar-refractivity contribution in [2.75, 3.05) is 18.8 Å². The van der Waals surface area contributed by atoms with Gasteiger partial charge in [0.2, 0.25) is 10.0 Å². The van der Waals surface area contributed by atoms with Gasteiger partial charge in [0, 0.05) is 42.6 Å². The molecule has 3 aromatic rings. The molecule has 0 unspecified atom stereocenters. The van der Waals surface area contributed by atoms with Crippen LogP contribution in [0.5, 0.6) is 0 Å². The quantitative estimate of drug-likeness (QED) is 0.453. The molecular weight excluding hydrogens is 460 g/mol. The first-order valence-electron chi connectivity index (χ1n) is 12.7. The number of carbonyl (C=O) groups is 1. The Labute approximate surface area is 207 Å². The van der Waals surface area contributed by atoms with E-state index >= 15 is 0 Å². The van der Waals surface area contributed by atoms with Crippen LogP contribution in [0.25, 0.3) is 22.0 Å². The van der Waals surface area contributed by atoms with Crippen LogP contribution in [-0.2, 0) is 16.4 Å². The molecule has 0 bridgehead atoms. The zero-order valence-electron chi connectivity index (χ0n) is 20.3. The fourth-order valence-electron chi connectivity index (χ4n) is 5.36. The highest BCUT2D eigenvalue weighted by molar-refractivity contribution is 7.89. The van der Waals surface area contributed by atoms with E-state index < -0.39 is 15.9 Å². The number of primary amides is 1. The van der Waals surface area contributed by atoms with E-state index in [4.69, 9.17) is 5.73 Å². The van der Waals surface area contributed by atoms with E-state index in [1.54, 1.807) is 11.2 Å². The summed E-state index contributed by atoms with van der Waals surface area (Å²) in [6.45, 7) is 2.72. The number of nitrogens with two attached hydrogens (primary N) is 1. The minimum Gasteiger partial charge on any atom is -0.366 e. The molecule has 35 heavy (non-hydrogen) atoms. The largest absolute Gasteiger partial charge is 0.366 e. The lowest BCUT2D eigenvalue weighted by molar-refractivity contribution is 0.100. The van der Waals surface area contributed by atoms with Crippen LogP contribution >= 0.6 is 0 Å². The average molecular weight is 495 g/mol. The van der Waals surface area contributed by atoms with Gasteiger partial charge >= 0.3 is 0 Å². The van der Waals surface area contributed by atoms with Gasteiger partial charge in [-0.3, -0.25) is 9.78 Å². The molecule has 2 fully saturated rings. The van der Waals surface area contributed by atoms with Crippen LogP contribution in [0.3, 0.4) is 0 Å². The zero-order chi connectivity index (χ0) is 24.6. The molecule has 8 heteroatoms. The fraction of sp³-hybridized carbons (Fsp3) is 0.481. The van der Waals surface area contributed by atoms with Crippen LogP contribution in [0, 0.1) is 5.92 Å². The molecule has 1 saturated heterocycles. The maximum atomic E-state index is 12.4. The standard InChI is InChI=1S/C27H34N4O3S/c1-2-35(33,34)31-10-8-20(9-11-31)25-17-30-26-23(25)13-21(14-24(26)27(28)32)22-12-19(15-29-16-22)5-3-4-18-6-7-18/h12-18,20,30H,2-11H2,1H3,(H2,28,32). The topological polar surface area (TPSA) is 109 Å². The van der Waals surface area contributed by atoms with Gasteiger partial charge in [0.05, 0.1) is 16.8 Å². The van der Waals surface area contributed by atoms with Crippen molar-refractivity contribution in [3.8, 4) is 11.1 Å². The van der Waals surface area contributed by atoms with Crippen LogP contribution in [-0.4, -0.2) is 47.4 Å². The molecule has 7 nitrogen and oxygen atoms in total. The molecule has 1 aliphatic heterocycles. The number of fused-ring (bicyclic) bond motifs is 1. The first-order chi connectivity index (χ1) is 16.9. The predicted molar refractivity (Wildman–Crippen MR) is 139 cm³/mol. The number of hydrogen-bond acceptors (Lipinski definition) is 4. The van der Waals surface area contributed by atoms with E-state index in [-0.39, 0.29) is 11.7 Å². The van der Waals surface area contributed by atoms with Crippen LogP contribution in [0.1, 0.15) is 72.9 Å². The number of aromatic amines is 1. The van der Waals surface area contributed by atoms with Crippen molar-refractivity contribution in [3.63, 3.8) is 0 Å². The molecular formula is C27H34N4O3S. The number of amides is 1. The van der Waals surface area contributed by atoms with Crippen molar-refractivity contribution in [3.05, 3.63) is 53.5 Å². The third-order valence-electron chi connectivity index (χ3n) is 7.64. The summed E-state index contributed by atoms with van der Waals surface area (Å²) < 4.78 is 26.1. The van der Waals surface area contributed by atoms with E-state index in [9.17, 15) is 13.2 Å². The van der Waals surface area contributed by atoms with Gasteiger partial charge in [-0.1, -0.05) is 19.3 Å². The Balaban J connectivity index is 1.44. The summed E-state index contributed by atoms with van der Waals surface area (Å²) in [4.78, 5) is 20.1.